The molecule has 1 N–H and O–H groups in total. The van der Waals surface area contributed by atoms with Gasteiger partial charge in [-0.3, -0.25) is 4.79 Å². The van der Waals surface area contributed by atoms with Gasteiger partial charge in [0.15, 0.2) is 5.82 Å². The Kier molecular flexibility index (Phi) is 4.42. The lowest BCUT2D eigenvalue weighted by Gasteiger charge is -2.34. The molecule has 1 heterocycles. The molecule has 104 valence electrons. The van der Waals surface area contributed by atoms with Crippen LogP contribution in [0.2, 0.25) is 5.02 Å². The van der Waals surface area contributed by atoms with Crippen molar-refractivity contribution in [1.29, 1.82) is 0 Å². The summed E-state index contributed by atoms with van der Waals surface area (Å²) >= 11 is 5.77. The first kappa shape index (κ1) is 14.3. The number of nitrogens with one attached hydrogen (secondary N) is 1. The standard InChI is InChI=1S/C14H18ClFN2O/c1-9(2)17-11-6-4-8-18(14(11)19)12-7-3-5-10(15)13(12)16/h3,5,7,9,11,17H,4,6,8H2,1-2H3. The lowest BCUT2D eigenvalue weighted by molar-refractivity contribution is -0.122. The van der Waals surface area contributed by atoms with E-state index in [0.29, 0.717) is 6.54 Å². The third-order valence-electron chi connectivity index (χ3n) is 3.20. The van der Waals surface area contributed by atoms with E-state index < -0.39 is 5.82 Å². The highest BCUT2D eigenvalue weighted by molar-refractivity contribution is 6.31. The number of piperidine rings is 1. The van der Waals surface area contributed by atoms with E-state index in [-0.39, 0.29) is 28.7 Å². The maximum atomic E-state index is 14.0. The van der Waals surface area contributed by atoms with Crippen molar-refractivity contribution < 1.29 is 9.18 Å². The summed E-state index contributed by atoms with van der Waals surface area (Å²) in [7, 11) is 0. The Morgan fingerprint density at radius 1 is 1.47 bits per heavy atom. The number of carbonyl (C=O) groups is 1. The Morgan fingerprint density at radius 3 is 2.89 bits per heavy atom. The van der Waals surface area contributed by atoms with Crippen LogP contribution in [0.4, 0.5) is 10.1 Å². The van der Waals surface area contributed by atoms with Crippen molar-refractivity contribution in [2.75, 3.05) is 11.4 Å². The number of anilines is 1. The predicted octanol–water partition coefficient (Wildman–Crippen LogP) is 2.97. The molecule has 3 nitrogen and oxygen atoms in total. The minimum atomic E-state index is -0.525. The van der Waals surface area contributed by atoms with Crippen molar-refractivity contribution in [3.8, 4) is 0 Å². The highest BCUT2D eigenvalue weighted by atomic mass is 35.5. The van der Waals surface area contributed by atoms with Crippen molar-refractivity contribution in [1.82, 2.24) is 5.32 Å². The van der Waals surface area contributed by atoms with Gasteiger partial charge in [0.2, 0.25) is 5.91 Å². The number of amides is 1. The highest BCUT2D eigenvalue weighted by Gasteiger charge is 2.31. The van der Waals surface area contributed by atoms with Crippen LogP contribution < -0.4 is 10.2 Å². The van der Waals surface area contributed by atoms with Crippen LogP contribution in [0.15, 0.2) is 18.2 Å². The van der Waals surface area contributed by atoms with E-state index in [2.05, 4.69) is 5.32 Å². The maximum Gasteiger partial charge on any atom is 0.244 e. The molecule has 1 unspecified atom stereocenters. The highest BCUT2D eigenvalue weighted by Crippen LogP contribution is 2.28. The van der Waals surface area contributed by atoms with Crippen LogP contribution in [0.3, 0.4) is 0 Å². The summed E-state index contributed by atoms with van der Waals surface area (Å²) in [6.45, 7) is 4.52. The molecule has 5 heteroatoms. The van der Waals surface area contributed by atoms with E-state index in [1.807, 2.05) is 13.8 Å². The Balaban J connectivity index is 2.24. The smallest absolute Gasteiger partial charge is 0.244 e. The summed E-state index contributed by atoms with van der Waals surface area (Å²) in [6, 6.07) is 4.72. The third-order valence-corrected chi connectivity index (χ3v) is 3.49. The van der Waals surface area contributed by atoms with Gasteiger partial charge in [0.05, 0.1) is 16.8 Å². The molecular formula is C14H18ClFN2O. The second kappa shape index (κ2) is 5.88. The number of carbonyl (C=O) groups excluding carboxylic acids is 1. The van der Waals surface area contributed by atoms with Crippen molar-refractivity contribution >= 4 is 23.2 Å². The van der Waals surface area contributed by atoms with Crippen molar-refractivity contribution in [3.63, 3.8) is 0 Å². The monoisotopic (exact) mass is 284 g/mol. The van der Waals surface area contributed by atoms with Crippen LogP contribution >= 0.6 is 11.6 Å². The lowest BCUT2D eigenvalue weighted by Crippen LogP contribution is -2.52. The fraction of sp³-hybridized carbons (Fsp3) is 0.500. The van der Waals surface area contributed by atoms with Gasteiger partial charge in [-0.1, -0.05) is 31.5 Å². The molecule has 1 fully saturated rings. The Bertz CT molecular complexity index is 479. The Hall–Kier alpha value is -1.13. The number of hydrogen-bond donors (Lipinski definition) is 1. The average Bonchev–Trinajstić information content (AvgIpc) is 2.35. The second-order valence-corrected chi connectivity index (χ2v) is 5.49. The molecule has 2 rings (SSSR count). The molecule has 0 saturated carbocycles. The van der Waals surface area contributed by atoms with E-state index in [9.17, 15) is 9.18 Å². The number of rotatable bonds is 3. The zero-order valence-corrected chi connectivity index (χ0v) is 11.9. The largest absolute Gasteiger partial charge is 0.308 e. The Morgan fingerprint density at radius 2 is 2.21 bits per heavy atom. The topological polar surface area (TPSA) is 32.3 Å². The van der Waals surface area contributed by atoms with E-state index in [1.54, 1.807) is 12.1 Å². The fourth-order valence-electron chi connectivity index (χ4n) is 2.37. The zero-order chi connectivity index (χ0) is 14.0. The summed E-state index contributed by atoms with van der Waals surface area (Å²) in [4.78, 5) is 13.9. The van der Waals surface area contributed by atoms with Gasteiger partial charge in [0.1, 0.15) is 0 Å². The summed E-state index contributed by atoms with van der Waals surface area (Å²) in [6.07, 6.45) is 1.64. The van der Waals surface area contributed by atoms with Gasteiger partial charge < -0.3 is 10.2 Å². The molecule has 0 aromatic heterocycles. The molecular weight excluding hydrogens is 267 g/mol. The summed E-state index contributed by atoms with van der Waals surface area (Å²) < 4.78 is 14.0. The molecule has 19 heavy (non-hydrogen) atoms. The van der Waals surface area contributed by atoms with Gasteiger partial charge in [-0.15, -0.1) is 0 Å². The van der Waals surface area contributed by atoms with Gasteiger partial charge in [-0.25, -0.2) is 4.39 Å². The number of hydrogen-bond acceptors (Lipinski definition) is 2. The van der Waals surface area contributed by atoms with Crippen LogP contribution in [0.5, 0.6) is 0 Å². The second-order valence-electron chi connectivity index (χ2n) is 5.08. The van der Waals surface area contributed by atoms with Gasteiger partial charge in [0.25, 0.3) is 0 Å². The first-order valence-corrected chi connectivity index (χ1v) is 6.90. The van der Waals surface area contributed by atoms with Crippen LogP contribution in [0.25, 0.3) is 0 Å². The van der Waals surface area contributed by atoms with Crippen molar-refractivity contribution in [2.45, 2.75) is 38.8 Å². The minimum absolute atomic E-state index is 0.0456. The predicted molar refractivity (Wildman–Crippen MR) is 75.1 cm³/mol. The van der Waals surface area contributed by atoms with Gasteiger partial charge in [0, 0.05) is 12.6 Å². The number of halogens is 2. The van der Waals surface area contributed by atoms with E-state index in [0.717, 1.165) is 12.8 Å². The SMILES string of the molecule is CC(C)NC1CCCN(c2cccc(Cl)c2F)C1=O. The van der Waals surface area contributed by atoms with Gasteiger partial charge >= 0.3 is 0 Å². The molecule has 1 aromatic rings. The third kappa shape index (κ3) is 3.07. The van der Waals surface area contributed by atoms with E-state index in [4.69, 9.17) is 11.6 Å². The minimum Gasteiger partial charge on any atom is -0.308 e. The number of nitrogens with zero attached hydrogens (tertiary/aromatic N) is 1. The molecule has 0 aliphatic carbocycles. The quantitative estimate of drug-likeness (QED) is 0.925. The summed E-state index contributed by atoms with van der Waals surface area (Å²) in [5.74, 6) is -0.608. The summed E-state index contributed by atoms with van der Waals surface area (Å²) in [5.41, 5.74) is 0.271. The molecule has 1 aliphatic heterocycles. The van der Waals surface area contributed by atoms with Crippen LogP contribution in [-0.4, -0.2) is 24.5 Å². The summed E-state index contributed by atoms with van der Waals surface area (Å²) in [5, 5.41) is 3.26. The maximum absolute atomic E-state index is 14.0. The van der Waals surface area contributed by atoms with Gasteiger partial charge in [-0.05, 0) is 25.0 Å². The molecule has 1 saturated heterocycles. The van der Waals surface area contributed by atoms with E-state index in [1.165, 1.54) is 11.0 Å². The molecule has 1 amide bonds. The van der Waals surface area contributed by atoms with Crippen molar-refractivity contribution in [3.05, 3.63) is 29.0 Å². The van der Waals surface area contributed by atoms with Gasteiger partial charge in [-0.2, -0.15) is 0 Å². The zero-order valence-electron chi connectivity index (χ0n) is 11.1. The van der Waals surface area contributed by atoms with Crippen LogP contribution in [-0.2, 0) is 4.79 Å². The van der Waals surface area contributed by atoms with Crippen molar-refractivity contribution in [2.24, 2.45) is 0 Å². The molecule has 0 spiro atoms. The first-order chi connectivity index (χ1) is 9.00. The normalized spacial score (nSPS) is 20.2. The first-order valence-electron chi connectivity index (χ1n) is 6.52. The van der Waals surface area contributed by atoms with Crippen LogP contribution in [0, 0.1) is 5.82 Å². The number of benzene rings is 1. The lowest BCUT2D eigenvalue weighted by atomic mass is 10.0. The molecule has 0 bridgehead atoms. The average molecular weight is 285 g/mol. The molecule has 1 aromatic carbocycles. The van der Waals surface area contributed by atoms with E-state index >= 15 is 0 Å². The fourth-order valence-corrected chi connectivity index (χ4v) is 2.54. The molecule has 1 aliphatic rings. The molecule has 0 radical (unpaired) electrons. The van der Waals surface area contributed by atoms with Crippen LogP contribution in [0.1, 0.15) is 26.7 Å². The Labute approximate surface area is 117 Å². The molecule has 1 atom stereocenters.